The molecule has 2 aromatic carbocycles. The molecule has 6 rings (SSSR count). The molecular weight excluding hydrogens is 473 g/mol. The molecule has 0 bridgehead atoms. The zero-order valence-electron chi connectivity index (χ0n) is 19.9. The van der Waals surface area contributed by atoms with Gasteiger partial charge in [-0.15, -0.1) is 0 Å². The van der Waals surface area contributed by atoms with E-state index in [-0.39, 0.29) is 19.4 Å². The molecule has 4 heterocycles. The van der Waals surface area contributed by atoms with E-state index in [1.807, 2.05) is 40.9 Å². The number of pyridine rings is 2. The first-order valence-electron chi connectivity index (χ1n) is 12.1. The molecule has 1 aliphatic heterocycles. The van der Waals surface area contributed by atoms with Gasteiger partial charge in [-0.2, -0.15) is 0 Å². The highest BCUT2D eigenvalue weighted by Gasteiger charge is 2.42. The number of nitrogens with zero attached hydrogens (tertiary/aromatic N) is 3. The van der Waals surface area contributed by atoms with Crippen molar-refractivity contribution in [2.45, 2.75) is 24.9 Å². The number of carboxylic acid groups (broad SMARTS) is 1. The summed E-state index contributed by atoms with van der Waals surface area (Å²) in [6, 6.07) is 16.3. The van der Waals surface area contributed by atoms with Crippen LogP contribution >= 0.6 is 0 Å². The van der Waals surface area contributed by atoms with Crippen molar-refractivity contribution in [3.63, 3.8) is 0 Å². The van der Waals surface area contributed by atoms with E-state index in [4.69, 9.17) is 9.47 Å². The topological polar surface area (TPSA) is 86.0 Å². The summed E-state index contributed by atoms with van der Waals surface area (Å²) in [7, 11) is 0. The van der Waals surface area contributed by atoms with Gasteiger partial charge in [-0.25, -0.2) is 9.37 Å². The number of benzene rings is 2. The largest absolute Gasteiger partial charge is 0.489 e. The van der Waals surface area contributed by atoms with E-state index in [0.29, 0.717) is 24.5 Å². The van der Waals surface area contributed by atoms with Crippen LogP contribution in [0.1, 0.15) is 24.0 Å². The van der Waals surface area contributed by atoms with Crippen molar-refractivity contribution in [3.05, 3.63) is 96.3 Å². The highest BCUT2D eigenvalue weighted by Crippen LogP contribution is 2.37. The van der Waals surface area contributed by atoms with Crippen LogP contribution in [0.3, 0.4) is 0 Å². The summed E-state index contributed by atoms with van der Waals surface area (Å²) in [6.45, 7) is 0.832. The van der Waals surface area contributed by atoms with E-state index >= 15 is 0 Å². The standard InChI is InChI=1S/C29H24FN3O4/c30-22-14-21(29(28(34)35)5-11-36-12-6-29)15-23(16-22)37-18-19-1-2-24-25(20-3-7-31-8-4-20)17-27-32-9-10-33(27)26(24)13-19/h1-4,7-10,13-17H,5-6,11-12,18H2,(H,34,35). The number of imidazole rings is 1. The van der Waals surface area contributed by atoms with E-state index in [9.17, 15) is 14.3 Å². The molecule has 1 aliphatic rings. The van der Waals surface area contributed by atoms with Crippen molar-refractivity contribution in [2.24, 2.45) is 0 Å². The maximum absolute atomic E-state index is 14.6. The molecule has 1 fully saturated rings. The van der Waals surface area contributed by atoms with Gasteiger partial charge in [0.25, 0.3) is 0 Å². The minimum atomic E-state index is -1.18. The second-order valence-corrected chi connectivity index (χ2v) is 9.26. The SMILES string of the molecule is O=C(O)C1(c2cc(F)cc(OCc3ccc4c(-c5ccncc5)cc5nccn5c4c3)c2)CCOCC1. The summed E-state index contributed by atoms with van der Waals surface area (Å²) < 4.78 is 27.9. The molecule has 0 aliphatic carbocycles. The zero-order chi connectivity index (χ0) is 25.4. The van der Waals surface area contributed by atoms with Gasteiger partial charge in [0.15, 0.2) is 0 Å². The van der Waals surface area contributed by atoms with E-state index in [1.54, 1.807) is 24.7 Å². The second-order valence-electron chi connectivity index (χ2n) is 9.26. The first-order valence-corrected chi connectivity index (χ1v) is 12.1. The summed E-state index contributed by atoms with van der Waals surface area (Å²) in [4.78, 5) is 20.8. The maximum Gasteiger partial charge on any atom is 0.314 e. The van der Waals surface area contributed by atoms with Gasteiger partial charge in [-0.1, -0.05) is 12.1 Å². The lowest BCUT2D eigenvalue weighted by Gasteiger charge is -2.33. The van der Waals surface area contributed by atoms with Gasteiger partial charge in [-0.05, 0) is 71.5 Å². The average Bonchev–Trinajstić information content (AvgIpc) is 3.41. The van der Waals surface area contributed by atoms with Crippen LogP contribution in [0.5, 0.6) is 5.75 Å². The number of carbonyl (C=O) groups is 1. The Morgan fingerprint density at radius 1 is 1.05 bits per heavy atom. The summed E-state index contributed by atoms with van der Waals surface area (Å²) in [5, 5.41) is 11.0. The lowest BCUT2D eigenvalue weighted by atomic mass is 9.74. The van der Waals surface area contributed by atoms with Gasteiger partial charge < -0.3 is 14.6 Å². The van der Waals surface area contributed by atoms with Gasteiger partial charge in [0.2, 0.25) is 0 Å². The number of carboxylic acids is 1. The quantitative estimate of drug-likeness (QED) is 0.338. The van der Waals surface area contributed by atoms with Gasteiger partial charge in [0.05, 0.1) is 10.9 Å². The number of hydrogen-bond donors (Lipinski definition) is 1. The van der Waals surface area contributed by atoms with Crippen LogP contribution in [0.2, 0.25) is 0 Å². The molecule has 8 heteroatoms. The third-order valence-corrected chi connectivity index (χ3v) is 7.13. The highest BCUT2D eigenvalue weighted by molar-refractivity contribution is 5.97. The first kappa shape index (κ1) is 23.1. The number of halogens is 1. The van der Waals surface area contributed by atoms with E-state index in [2.05, 4.69) is 16.0 Å². The molecule has 0 amide bonds. The number of aromatic nitrogens is 3. The molecular formula is C29H24FN3O4. The molecule has 0 saturated carbocycles. The minimum Gasteiger partial charge on any atom is -0.489 e. The Balaban J connectivity index is 1.34. The number of aliphatic carboxylic acids is 1. The Morgan fingerprint density at radius 3 is 2.65 bits per heavy atom. The van der Waals surface area contributed by atoms with E-state index in [0.717, 1.165) is 33.2 Å². The molecule has 3 aromatic heterocycles. The molecule has 0 atom stereocenters. The second kappa shape index (κ2) is 9.29. The molecule has 0 spiro atoms. The predicted octanol–water partition coefficient (Wildman–Crippen LogP) is 5.40. The molecule has 0 radical (unpaired) electrons. The fourth-order valence-electron chi connectivity index (χ4n) is 5.13. The fraction of sp³-hybridized carbons (Fsp3) is 0.207. The minimum absolute atomic E-state index is 0.192. The summed E-state index contributed by atoms with van der Waals surface area (Å²) in [6.07, 6.45) is 7.78. The van der Waals surface area contributed by atoms with Gasteiger partial charge in [-0.3, -0.25) is 14.2 Å². The lowest BCUT2D eigenvalue weighted by Crippen LogP contribution is -2.41. The monoisotopic (exact) mass is 497 g/mol. The van der Waals surface area contributed by atoms with Crippen molar-refractivity contribution in [3.8, 4) is 16.9 Å². The van der Waals surface area contributed by atoms with Gasteiger partial charge in [0.1, 0.15) is 23.8 Å². The summed E-state index contributed by atoms with van der Waals surface area (Å²) in [5.41, 5.74) is 3.99. The average molecular weight is 498 g/mol. The van der Waals surface area contributed by atoms with Crippen LogP contribution in [-0.2, 0) is 21.6 Å². The van der Waals surface area contributed by atoms with Crippen molar-refractivity contribution < 1.29 is 23.8 Å². The Morgan fingerprint density at radius 2 is 1.86 bits per heavy atom. The van der Waals surface area contributed by atoms with Crippen LogP contribution in [0.25, 0.3) is 27.7 Å². The molecule has 186 valence electrons. The van der Waals surface area contributed by atoms with Crippen molar-refractivity contribution in [1.82, 2.24) is 14.4 Å². The van der Waals surface area contributed by atoms with Gasteiger partial charge >= 0.3 is 5.97 Å². The summed E-state index contributed by atoms with van der Waals surface area (Å²) >= 11 is 0. The molecule has 37 heavy (non-hydrogen) atoms. The first-order chi connectivity index (χ1) is 18.0. The Bertz CT molecular complexity index is 1610. The molecule has 7 nitrogen and oxygen atoms in total. The number of fused-ring (bicyclic) bond motifs is 3. The summed E-state index contributed by atoms with van der Waals surface area (Å²) in [5.74, 6) is -1.21. The zero-order valence-corrected chi connectivity index (χ0v) is 19.9. The van der Waals surface area contributed by atoms with Crippen molar-refractivity contribution in [1.29, 1.82) is 0 Å². The van der Waals surface area contributed by atoms with Crippen LogP contribution < -0.4 is 4.74 Å². The molecule has 0 unspecified atom stereocenters. The van der Waals surface area contributed by atoms with Crippen molar-refractivity contribution >= 4 is 22.5 Å². The normalized spacial score (nSPS) is 15.2. The van der Waals surface area contributed by atoms with Gasteiger partial charge in [0, 0.05) is 49.5 Å². The number of rotatable bonds is 6. The van der Waals surface area contributed by atoms with Crippen LogP contribution in [0.4, 0.5) is 4.39 Å². The predicted molar refractivity (Wildman–Crippen MR) is 136 cm³/mol. The fourth-order valence-corrected chi connectivity index (χ4v) is 5.13. The number of ether oxygens (including phenoxy) is 2. The highest BCUT2D eigenvalue weighted by atomic mass is 19.1. The maximum atomic E-state index is 14.6. The Kier molecular flexibility index (Phi) is 5.81. The smallest absolute Gasteiger partial charge is 0.314 e. The van der Waals surface area contributed by atoms with Crippen LogP contribution in [0.15, 0.2) is 79.4 Å². The van der Waals surface area contributed by atoms with Crippen molar-refractivity contribution in [2.75, 3.05) is 13.2 Å². The Labute approximate surface area is 212 Å². The molecule has 1 N–H and O–H groups in total. The molecule has 1 saturated heterocycles. The molecule has 5 aromatic rings. The van der Waals surface area contributed by atoms with Crippen LogP contribution in [-0.4, -0.2) is 38.7 Å². The number of hydrogen-bond acceptors (Lipinski definition) is 5. The third kappa shape index (κ3) is 4.19. The van der Waals surface area contributed by atoms with E-state index in [1.165, 1.54) is 12.1 Å². The Hall–Kier alpha value is -4.30. The van der Waals surface area contributed by atoms with E-state index < -0.39 is 17.2 Å². The lowest BCUT2D eigenvalue weighted by molar-refractivity contribution is -0.147. The van der Waals surface area contributed by atoms with Crippen LogP contribution in [0, 0.1) is 5.82 Å². The third-order valence-electron chi connectivity index (χ3n) is 7.13.